The van der Waals surface area contributed by atoms with Gasteiger partial charge in [0, 0.05) is 12.7 Å². The lowest BCUT2D eigenvalue weighted by Crippen LogP contribution is -2.39. The Labute approximate surface area is 116 Å². The number of H-pyrrole nitrogens is 1. The van der Waals surface area contributed by atoms with Crippen LogP contribution in [0.2, 0.25) is 0 Å². The second-order valence-electron chi connectivity index (χ2n) is 4.92. The average Bonchev–Trinajstić information content (AvgIpc) is 3.11. The van der Waals surface area contributed by atoms with Crippen molar-refractivity contribution in [1.82, 2.24) is 15.1 Å². The van der Waals surface area contributed by atoms with Crippen molar-refractivity contribution in [3.8, 4) is 0 Å². The molecule has 0 bridgehead atoms. The molecule has 1 unspecified atom stereocenters. The van der Waals surface area contributed by atoms with Crippen LogP contribution < -0.4 is 0 Å². The van der Waals surface area contributed by atoms with E-state index in [1.54, 1.807) is 17.5 Å². The molecular weight excluding hydrogens is 258 g/mol. The number of carbonyl (C=O) groups is 1. The van der Waals surface area contributed by atoms with Gasteiger partial charge in [0.25, 0.3) is 0 Å². The summed E-state index contributed by atoms with van der Waals surface area (Å²) in [7, 11) is 0. The number of carbonyl (C=O) groups excluding carboxylic acids is 1. The van der Waals surface area contributed by atoms with E-state index in [0.29, 0.717) is 6.42 Å². The molecule has 1 aliphatic heterocycles. The van der Waals surface area contributed by atoms with Gasteiger partial charge in [-0.2, -0.15) is 16.4 Å². The predicted octanol–water partition coefficient (Wildman–Crippen LogP) is 2.77. The van der Waals surface area contributed by atoms with E-state index >= 15 is 0 Å². The van der Waals surface area contributed by atoms with E-state index in [1.165, 1.54) is 6.42 Å². The lowest BCUT2D eigenvalue weighted by Gasteiger charge is -2.35. The SMILES string of the molecule is O=C(Cc1ccsc1)N1CCCCC1c1ccn[nH]1. The molecule has 2 aromatic heterocycles. The van der Waals surface area contributed by atoms with Crippen LogP contribution in [0.15, 0.2) is 29.1 Å². The fourth-order valence-corrected chi connectivity index (χ4v) is 3.34. The average molecular weight is 275 g/mol. The highest BCUT2D eigenvalue weighted by Gasteiger charge is 2.28. The minimum absolute atomic E-state index is 0.169. The summed E-state index contributed by atoms with van der Waals surface area (Å²) in [6.45, 7) is 0.854. The first kappa shape index (κ1) is 12.4. The highest BCUT2D eigenvalue weighted by atomic mass is 32.1. The lowest BCUT2D eigenvalue weighted by molar-refractivity contribution is -0.134. The van der Waals surface area contributed by atoms with Gasteiger partial charge in [-0.25, -0.2) is 0 Å². The van der Waals surface area contributed by atoms with E-state index in [4.69, 9.17) is 0 Å². The quantitative estimate of drug-likeness (QED) is 0.936. The number of hydrogen-bond acceptors (Lipinski definition) is 3. The summed E-state index contributed by atoms with van der Waals surface area (Å²) in [5.74, 6) is 0.220. The van der Waals surface area contributed by atoms with Crippen LogP contribution >= 0.6 is 11.3 Å². The van der Waals surface area contributed by atoms with E-state index in [2.05, 4.69) is 10.2 Å². The van der Waals surface area contributed by atoms with Gasteiger partial charge in [-0.15, -0.1) is 0 Å². The zero-order valence-corrected chi connectivity index (χ0v) is 11.5. The van der Waals surface area contributed by atoms with Crippen molar-refractivity contribution in [2.75, 3.05) is 6.54 Å². The summed E-state index contributed by atoms with van der Waals surface area (Å²) in [6, 6.07) is 4.17. The number of likely N-dealkylation sites (tertiary alicyclic amines) is 1. The van der Waals surface area contributed by atoms with Crippen LogP contribution in [0.3, 0.4) is 0 Å². The molecule has 0 aliphatic carbocycles. The molecule has 2 aromatic rings. The molecule has 100 valence electrons. The van der Waals surface area contributed by atoms with Crippen molar-refractivity contribution in [2.24, 2.45) is 0 Å². The Kier molecular flexibility index (Phi) is 3.64. The summed E-state index contributed by atoms with van der Waals surface area (Å²) in [4.78, 5) is 14.5. The number of amides is 1. The van der Waals surface area contributed by atoms with Crippen LogP contribution in [0.25, 0.3) is 0 Å². The third-order valence-electron chi connectivity index (χ3n) is 3.64. The van der Waals surface area contributed by atoms with Gasteiger partial charge in [-0.3, -0.25) is 9.89 Å². The largest absolute Gasteiger partial charge is 0.334 e. The van der Waals surface area contributed by atoms with E-state index in [9.17, 15) is 4.79 Å². The number of aromatic nitrogens is 2. The monoisotopic (exact) mass is 275 g/mol. The van der Waals surface area contributed by atoms with Gasteiger partial charge in [0.2, 0.25) is 5.91 Å². The maximum absolute atomic E-state index is 12.5. The molecule has 3 rings (SSSR count). The van der Waals surface area contributed by atoms with Gasteiger partial charge in [-0.1, -0.05) is 0 Å². The molecule has 0 saturated carbocycles. The van der Waals surface area contributed by atoms with E-state index in [-0.39, 0.29) is 11.9 Å². The van der Waals surface area contributed by atoms with Crippen LogP contribution in [0.5, 0.6) is 0 Å². The fraction of sp³-hybridized carbons (Fsp3) is 0.429. The van der Waals surface area contributed by atoms with Crippen molar-refractivity contribution in [1.29, 1.82) is 0 Å². The van der Waals surface area contributed by atoms with Gasteiger partial charge in [0.1, 0.15) is 0 Å². The first-order chi connectivity index (χ1) is 9.34. The van der Waals surface area contributed by atoms with Crippen molar-refractivity contribution < 1.29 is 4.79 Å². The molecule has 0 aromatic carbocycles. The molecule has 5 heteroatoms. The normalized spacial score (nSPS) is 19.6. The highest BCUT2D eigenvalue weighted by molar-refractivity contribution is 7.07. The number of nitrogens with one attached hydrogen (secondary N) is 1. The number of nitrogens with zero attached hydrogens (tertiary/aromatic N) is 2. The lowest BCUT2D eigenvalue weighted by atomic mass is 9.98. The third kappa shape index (κ3) is 2.71. The van der Waals surface area contributed by atoms with Crippen LogP contribution in [-0.2, 0) is 11.2 Å². The van der Waals surface area contributed by atoms with E-state index < -0.39 is 0 Å². The third-order valence-corrected chi connectivity index (χ3v) is 4.37. The fourth-order valence-electron chi connectivity index (χ4n) is 2.68. The summed E-state index contributed by atoms with van der Waals surface area (Å²) in [5, 5.41) is 11.1. The first-order valence-electron chi connectivity index (χ1n) is 6.64. The van der Waals surface area contributed by atoms with Crippen LogP contribution in [0, 0.1) is 0 Å². The molecular formula is C14H17N3OS. The molecule has 1 amide bonds. The second kappa shape index (κ2) is 5.57. The smallest absolute Gasteiger partial charge is 0.227 e. The summed E-state index contributed by atoms with van der Waals surface area (Å²) in [6.07, 6.45) is 5.56. The van der Waals surface area contributed by atoms with Crippen LogP contribution in [0.1, 0.15) is 36.6 Å². The summed E-state index contributed by atoms with van der Waals surface area (Å²) >= 11 is 1.64. The highest BCUT2D eigenvalue weighted by Crippen LogP contribution is 2.30. The molecule has 1 N–H and O–H groups in total. The van der Waals surface area contributed by atoms with Crippen molar-refractivity contribution in [3.05, 3.63) is 40.3 Å². The van der Waals surface area contributed by atoms with E-state index in [0.717, 1.165) is 30.6 Å². The van der Waals surface area contributed by atoms with Gasteiger partial charge >= 0.3 is 0 Å². The minimum atomic E-state index is 0.169. The number of piperidine rings is 1. The first-order valence-corrected chi connectivity index (χ1v) is 7.58. The Morgan fingerprint density at radius 2 is 2.42 bits per heavy atom. The van der Waals surface area contributed by atoms with Gasteiger partial charge < -0.3 is 4.90 Å². The molecule has 1 fully saturated rings. The Balaban J connectivity index is 1.75. The Bertz CT molecular complexity index is 521. The van der Waals surface area contributed by atoms with Gasteiger partial charge in [0.05, 0.1) is 18.2 Å². The van der Waals surface area contributed by atoms with Crippen LogP contribution in [-0.4, -0.2) is 27.5 Å². The number of hydrogen-bond donors (Lipinski definition) is 1. The molecule has 4 nitrogen and oxygen atoms in total. The number of aromatic amines is 1. The summed E-state index contributed by atoms with van der Waals surface area (Å²) in [5.41, 5.74) is 2.17. The predicted molar refractivity (Wildman–Crippen MR) is 74.9 cm³/mol. The maximum atomic E-state index is 12.5. The van der Waals surface area contributed by atoms with E-state index in [1.807, 2.05) is 27.8 Å². The second-order valence-corrected chi connectivity index (χ2v) is 5.70. The Hall–Kier alpha value is -1.62. The standard InChI is InChI=1S/C14H17N3OS/c18-14(9-11-5-8-19-10-11)17-7-2-1-3-13(17)12-4-6-15-16-12/h4-6,8,10,13H,1-3,7,9H2,(H,15,16). The molecule has 3 heterocycles. The summed E-state index contributed by atoms with van der Waals surface area (Å²) < 4.78 is 0. The number of thiophene rings is 1. The molecule has 1 saturated heterocycles. The Morgan fingerprint density at radius 3 is 3.16 bits per heavy atom. The molecule has 1 atom stereocenters. The zero-order valence-electron chi connectivity index (χ0n) is 10.7. The zero-order chi connectivity index (χ0) is 13.1. The number of rotatable bonds is 3. The minimum Gasteiger partial charge on any atom is -0.334 e. The molecule has 1 aliphatic rings. The van der Waals surface area contributed by atoms with Gasteiger partial charge in [-0.05, 0) is 47.7 Å². The van der Waals surface area contributed by atoms with Gasteiger partial charge in [0.15, 0.2) is 0 Å². The van der Waals surface area contributed by atoms with Crippen LogP contribution in [0.4, 0.5) is 0 Å². The Morgan fingerprint density at radius 1 is 1.47 bits per heavy atom. The van der Waals surface area contributed by atoms with Crippen molar-refractivity contribution in [2.45, 2.75) is 31.7 Å². The topological polar surface area (TPSA) is 49.0 Å². The van der Waals surface area contributed by atoms with Crippen molar-refractivity contribution >= 4 is 17.2 Å². The molecule has 0 radical (unpaired) electrons. The molecule has 19 heavy (non-hydrogen) atoms. The van der Waals surface area contributed by atoms with Crippen molar-refractivity contribution in [3.63, 3.8) is 0 Å². The maximum Gasteiger partial charge on any atom is 0.227 e. The molecule has 0 spiro atoms.